The van der Waals surface area contributed by atoms with E-state index in [1.807, 2.05) is 25.1 Å². The summed E-state index contributed by atoms with van der Waals surface area (Å²) in [5, 5.41) is 3.67. The Morgan fingerprint density at radius 1 is 1.64 bits per heavy atom. The maximum absolute atomic E-state index is 4.77. The highest BCUT2D eigenvalue weighted by Crippen LogP contribution is 1.88. The van der Waals surface area contributed by atoms with Crippen LogP contribution in [0.3, 0.4) is 0 Å². The van der Waals surface area contributed by atoms with Gasteiger partial charge in [-0.3, -0.25) is 4.98 Å². The van der Waals surface area contributed by atoms with Crippen molar-refractivity contribution in [2.24, 2.45) is 5.16 Å². The molecule has 11 heavy (non-hydrogen) atoms. The van der Waals surface area contributed by atoms with Crippen LogP contribution in [0.25, 0.3) is 0 Å². The van der Waals surface area contributed by atoms with Crippen LogP contribution in [-0.2, 0) is 4.84 Å². The van der Waals surface area contributed by atoms with Gasteiger partial charge in [-0.1, -0.05) is 11.2 Å². The third-order valence-electron chi connectivity index (χ3n) is 1.08. The molecule has 58 valence electrons. The minimum absolute atomic E-state index is 0.587. The van der Waals surface area contributed by atoms with E-state index in [0.717, 1.165) is 5.69 Å². The van der Waals surface area contributed by atoms with Crippen LogP contribution in [0, 0.1) is 0 Å². The molecule has 0 saturated heterocycles. The van der Waals surface area contributed by atoms with Crippen LogP contribution in [0.15, 0.2) is 29.6 Å². The molecule has 1 aromatic rings. The van der Waals surface area contributed by atoms with E-state index in [1.54, 1.807) is 12.4 Å². The van der Waals surface area contributed by atoms with Crippen molar-refractivity contribution >= 4 is 6.21 Å². The molecule has 0 aromatic carbocycles. The summed E-state index contributed by atoms with van der Waals surface area (Å²) in [7, 11) is 0. The van der Waals surface area contributed by atoms with Crippen molar-refractivity contribution in [1.29, 1.82) is 0 Å². The fourth-order valence-corrected chi connectivity index (χ4v) is 0.618. The first-order chi connectivity index (χ1) is 5.43. The molecule has 0 aliphatic carbocycles. The molecule has 0 spiro atoms. The highest BCUT2D eigenvalue weighted by Gasteiger charge is 1.83. The molecule has 0 bridgehead atoms. The largest absolute Gasteiger partial charge is 0.396 e. The first-order valence-electron chi connectivity index (χ1n) is 3.50. The third kappa shape index (κ3) is 2.80. The van der Waals surface area contributed by atoms with Crippen LogP contribution in [0.1, 0.15) is 12.6 Å². The first kappa shape index (κ1) is 7.72. The second-order valence-electron chi connectivity index (χ2n) is 1.91. The predicted octanol–water partition coefficient (Wildman–Crippen LogP) is 1.45. The molecule has 0 radical (unpaired) electrons. The van der Waals surface area contributed by atoms with Gasteiger partial charge in [0.15, 0.2) is 0 Å². The Morgan fingerprint density at radius 3 is 3.18 bits per heavy atom. The summed E-state index contributed by atoms with van der Waals surface area (Å²) in [5.74, 6) is 0. The number of oxime groups is 1. The summed E-state index contributed by atoms with van der Waals surface area (Å²) in [6.07, 6.45) is 3.30. The van der Waals surface area contributed by atoms with E-state index in [2.05, 4.69) is 10.1 Å². The van der Waals surface area contributed by atoms with Gasteiger partial charge in [0.25, 0.3) is 0 Å². The summed E-state index contributed by atoms with van der Waals surface area (Å²) in [5.41, 5.74) is 0.806. The fourth-order valence-electron chi connectivity index (χ4n) is 0.618. The summed E-state index contributed by atoms with van der Waals surface area (Å²) < 4.78 is 0. The highest BCUT2D eigenvalue weighted by atomic mass is 16.6. The molecular formula is C8H10N2O. The van der Waals surface area contributed by atoms with E-state index in [-0.39, 0.29) is 0 Å². The van der Waals surface area contributed by atoms with Crippen molar-refractivity contribution in [3.63, 3.8) is 0 Å². The smallest absolute Gasteiger partial charge is 0.114 e. The zero-order valence-corrected chi connectivity index (χ0v) is 6.40. The number of aromatic nitrogens is 1. The van der Waals surface area contributed by atoms with Crippen molar-refractivity contribution < 1.29 is 4.84 Å². The first-order valence-corrected chi connectivity index (χ1v) is 3.50. The number of rotatable bonds is 3. The third-order valence-corrected chi connectivity index (χ3v) is 1.08. The molecule has 0 aliphatic rings. The van der Waals surface area contributed by atoms with Crippen molar-refractivity contribution in [3.8, 4) is 0 Å². The Kier molecular flexibility index (Phi) is 3.12. The Bertz CT molecular complexity index is 221. The minimum atomic E-state index is 0.587. The quantitative estimate of drug-likeness (QED) is 0.482. The Hall–Kier alpha value is -1.38. The molecule has 0 N–H and O–H groups in total. The van der Waals surface area contributed by atoms with Crippen LogP contribution in [0.2, 0.25) is 0 Å². The maximum Gasteiger partial charge on any atom is 0.114 e. The van der Waals surface area contributed by atoms with Gasteiger partial charge < -0.3 is 4.84 Å². The Labute approximate surface area is 65.7 Å². The number of hydrogen-bond acceptors (Lipinski definition) is 3. The zero-order chi connectivity index (χ0) is 7.94. The van der Waals surface area contributed by atoms with E-state index in [0.29, 0.717) is 6.61 Å². The maximum atomic E-state index is 4.77. The van der Waals surface area contributed by atoms with Gasteiger partial charge in [0.1, 0.15) is 6.61 Å². The average Bonchev–Trinajstić information content (AvgIpc) is 2.07. The molecule has 1 heterocycles. The van der Waals surface area contributed by atoms with E-state index in [4.69, 9.17) is 4.84 Å². The lowest BCUT2D eigenvalue weighted by Crippen LogP contribution is -1.86. The molecular weight excluding hydrogens is 140 g/mol. The molecule has 0 fully saturated rings. The monoisotopic (exact) mass is 150 g/mol. The summed E-state index contributed by atoms with van der Waals surface area (Å²) >= 11 is 0. The van der Waals surface area contributed by atoms with Gasteiger partial charge in [-0.25, -0.2) is 0 Å². The second-order valence-corrected chi connectivity index (χ2v) is 1.91. The van der Waals surface area contributed by atoms with Crippen molar-refractivity contribution in [3.05, 3.63) is 30.1 Å². The fraction of sp³-hybridized carbons (Fsp3) is 0.250. The summed E-state index contributed by atoms with van der Waals surface area (Å²) in [6, 6.07) is 5.63. The van der Waals surface area contributed by atoms with E-state index in [1.165, 1.54) is 0 Å². The highest BCUT2D eigenvalue weighted by molar-refractivity contribution is 5.76. The van der Waals surface area contributed by atoms with Crippen molar-refractivity contribution in [2.75, 3.05) is 6.61 Å². The van der Waals surface area contributed by atoms with Crippen LogP contribution < -0.4 is 0 Å². The molecule has 0 atom stereocenters. The molecule has 0 saturated carbocycles. The number of hydrogen-bond donors (Lipinski definition) is 0. The van der Waals surface area contributed by atoms with Gasteiger partial charge in [0.2, 0.25) is 0 Å². The summed E-state index contributed by atoms with van der Waals surface area (Å²) in [6.45, 7) is 2.47. The lowest BCUT2D eigenvalue weighted by atomic mass is 10.4. The lowest BCUT2D eigenvalue weighted by molar-refractivity contribution is 0.160. The SMILES string of the molecule is CCO/N=C\c1ccccn1. The van der Waals surface area contributed by atoms with Crippen LogP contribution >= 0.6 is 0 Å². The van der Waals surface area contributed by atoms with Crippen LogP contribution in [-0.4, -0.2) is 17.8 Å². The lowest BCUT2D eigenvalue weighted by Gasteiger charge is -1.90. The van der Waals surface area contributed by atoms with Crippen molar-refractivity contribution in [1.82, 2.24) is 4.98 Å². The second kappa shape index (κ2) is 4.44. The Morgan fingerprint density at radius 2 is 2.55 bits per heavy atom. The van der Waals surface area contributed by atoms with Gasteiger partial charge >= 0.3 is 0 Å². The van der Waals surface area contributed by atoms with Crippen molar-refractivity contribution in [2.45, 2.75) is 6.92 Å². The van der Waals surface area contributed by atoms with E-state index in [9.17, 15) is 0 Å². The zero-order valence-electron chi connectivity index (χ0n) is 6.40. The molecule has 3 heteroatoms. The van der Waals surface area contributed by atoms with Gasteiger partial charge in [0.05, 0.1) is 11.9 Å². The molecule has 3 nitrogen and oxygen atoms in total. The molecule has 1 aromatic heterocycles. The molecule has 0 unspecified atom stereocenters. The van der Waals surface area contributed by atoms with Crippen LogP contribution in [0.5, 0.6) is 0 Å². The normalized spacial score (nSPS) is 10.3. The van der Waals surface area contributed by atoms with E-state index >= 15 is 0 Å². The number of pyridine rings is 1. The molecule has 1 rings (SSSR count). The standard InChI is InChI=1S/C8H10N2O/c1-2-11-10-7-8-5-3-4-6-9-8/h3-7H,2H2,1H3/b10-7-. The summed E-state index contributed by atoms with van der Waals surface area (Å²) in [4.78, 5) is 8.79. The van der Waals surface area contributed by atoms with Gasteiger partial charge in [-0.05, 0) is 19.1 Å². The van der Waals surface area contributed by atoms with Gasteiger partial charge in [-0.15, -0.1) is 0 Å². The topological polar surface area (TPSA) is 34.5 Å². The molecule has 0 aliphatic heterocycles. The Balaban J connectivity index is 2.50. The predicted molar refractivity (Wildman–Crippen MR) is 43.5 cm³/mol. The van der Waals surface area contributed by atoms with Gasteiger partial charge in [-0.2, -0.15) is 0 Å². The van der Waals surface area contributed by atoms with Crippen LogP contribution in [0.4, 0.5) is 0 Å². The van der Waals surface area contributed by atoms with Gasteiger partial charge in [0, 0.05) is 6.20 Å². The minimum Gasteiger partial charge on any atom is -0.396 e. The number of nitrogens with zero attached hydrogens (tertiary/aromatic N) is 2. The molecule has 0 amide bonds. The average molecular weight is 150 g/mol. The van der Waals surface area contributed by atoms with E-state index < -0.39 is 0 Å².